The lowest BCUT2D eigenvalue weighted by Crippen LogP contribution is -1.85. The Morgan fingerprint density at radius 2 is 0.884 bits per heavy atom. The van der Waals surface area contributed by atoms with Crippen molar-refractivity contribution in [2.45, 2.75) is 0 Å². The molecule has 0 fully saturated rings. The van der Waals surface area contributed by atoms with Crippen molar-refractivity contribution >= 4 is 54.3 Å². The molecule has 1 heteroatoms. The summed E-state index contributed by atoms with van der Waals surface area (Å²) in [5, 5.41) is 1.21. The minimum absolute atomic E-state index is 0.0577. The second-order valence-corrected chi connectivity index (χ2v) is 10.5. The van der Waals surface area contributed by atoms with Gasteiger partial charge in [-0.15, -0.1) is 0 Å². The highest BCUT2D eigenvalue weighted by Crippen LogP contribution is 2.38. The number of rotatable bonds is 3. The van der Waals surface area contributed by atoms with Crippen LogP contribution >= 0.6 is 0 Å². The molecule has 8 aromatic carbocycles. The smallest absolute Gasteiger partial charge is 0.135 e. The van der Waals surface area contributed by atoms with Gasteiger partial charge in [0.05, 0.1) is 15.1 Å². The lowest BCUT2D eigenvalue weighted by Gasteiger charge is -2.12. The fraction of sp³-hybridized carbons (Fsp3) is 0. The van der Waals surface area contributed by atoms with Gasteiger partial charge in [0.15, 0.2) is 0 Å². The first kappa shape index (κ1) is 15.5. The maximum Gasteiger partial charge on any atom is 0.135 e. The number of fused-ring (bicyclic) bond motifs is 9. The van der Waals surface area contributed by atoms with Crippen molar-refractivity contribution in [1.82, 2.24) is 0 Å². The number of hydrogen-bond acceptors (Lipinski definition) is 1. The Kier molecular flexibility index (Phi) is 3.41. The highest BCUT2D eigenvalue weighted by molar-refractivity contribution is 6.25. The van der Waals surface area contributed by atoms with E-state index in [2.05, 4.69) is 12.1 Å². The van der Waals surface area contributed by atoms with Gasteiger partial charge in [-0.1, -0.05) is 127 Å². The van der Waals surface area contributed by atoms with Crippen LogP contribution in [0.2, 0.25) is 0 Å². The minimum Gasteiger partial charge on any atom is -0.456 e. The largest absolute Gasteiger partial charge is 0.456 e. The number of para-hydroxylation sites is 1. The van der Waals surface area contributed by atoms with E-state index in [1.807, 2.05) is 66.7 Å². The van der Waals surface area contributed by atoms with Crippen molar-refractivity contribution in [2.75, 3.05) is 0 Å². The van der Waals surface area contributed by atoms with Crippen LogP contribution in [0, 0.1) is 0 Å². The molecule has 1 aromatic heterocycles. The second-order valence-electron chi connectivity index (χ2n) is 10.5. The minimum atomic E-state index is -0.598. The van der Waals surface area contributed by atoms with Gasteiger partial charge < -0.3 is 4.42 Å². The molecule has 0 saturated heterocycles. The highest BCUT2D eigenvalue weighted by Gasteiger charge is 2.11. The maximum atomic E-state index is 9.47. The van der Waals surface area contributed by atoms with E-state index in [4.69, 9.17) is 16.8 Å². The number of hydrogen-bond donors (Lipinski definition) is 0. The van der Waals surface area contributed by atoms with Crippen LogP contribution in [-0.4, -0.2) is 0 Å². The Labute approximate surface area is 264 Å². The van der Waals surface area contributed by atoms with Gasteiger partial charge in [-0.05, 0) is 96.0 Å². The van der Waals surface area contributed by atoms with Crippen LogP contribution in [0.25, 0.3) is 87.6 Å². The van der Waals surface area contributed by atoms with Gasteiger partial charge in [-0.2, -0.15) is 0 Å². The standard InChI is InChI=1S/C42H26O/c1-2-12-35-33(10-1)34-11-3-4-13-36(34)39-25-31(20-22-37(35)39)28-18-16-27(17-19-28)29-8-7-9-30(24-29)32-21-23-42-40(26-32)38-14-5-6-15-41(38)43-42/h1-26H/i1D,2D,3D,4D,10D,11D,12D,13D,20D,22D,25D. The van der Waals surface area contributed by atoms with Gasteiger partial charge in [0.25, 0.3) is 0 Å². The van der Waals surface area contributed by atoms with Crippen LogP contribution in [0.4, 0.5) is 0 Å². The monoisotopic (exact) mass is 557 g/mol. The quantitative estimate of drug-likeness (QED) is 0.197. The van der Waals surface area contributed by atoms with E-state index in [-0.39, 0.29) is 50.0 Å². The van der Waals surface area contributed by atoms with Crippen molar-refractivity contribution in [3.05, 3.63) is 157 Å². The molecule has 1 nitrogen and oxygen atoms in total. The summed E-state index contributed by atoms with van der Waals surface area (Å²) in [5.41, 5.74) is 5.94. The normalized spacial score (nSPS) is 15.3. The number of benzene rings is 8. The van der Waals surface area contributed by atoms with Gasteiger partial charge in [0.2, 0.25) is 0 Å². The lowest BCUT2D eigenvalue weighted by molar-refractivity contribution is 0.669. The summed E-state index contributed by atoms with van der Waals surface area (Å²) in [7, 11) is 0. The van der Waals surface area contributed by atoms with E-state index in [1.54, 1.807) is 12.1 Å². The molecule has 0 unspecified atom stereocenters. The fourth-order valence-corrected chi connectivity index (χ4v) is 5.91. The van der Waals surface area contributed by atoms with Crippen molar-refractivity contribution in [2.24, 2.45) is 0 Å². The summed E-state index contributed by atoms with van der Waals surface area (Å²) >= 11 is 0. The lowest BCUT2D eigenvalue weighted by atomic mass is 9.91. The third-order valence-corrected chi connectivity index (χ3v) is 8.02. The molecule has 0 amide bonds. The van der Waals surface area contributed by atoms with Crippen LogP contribution in [0.1, 0.15) is 15.1 Å². The zero-order valence-corrected chi connectivity index (χ0v) is 22.6. The van der Waals surface area contributed by atoms with E-state index in [0.29, 0.717) is 5.56 Å². The summed E-state index contributed by atoms with van der Waals surface area (Å²) in [4.78, 5) is 0. The highest BCUT2D eigenvalue weighted by atomic mass is 16.3. The van der Waals surface area contributed by atoms with E-state index >= 15 is 0 Å². The summed E-state index contributed by atoms with van der Waals surface area (Å²) in [6.07, 6.45) is 0. The number of furan rings is 1. The Hall–Kier alpha value is -5.66. The molecule has 9 rings (SSSR count). The Morgan fingerprint density at radius 1 is 0.349 bits per heavy atom. The second kappa shape index (κ2) is 9.44. The van der Waals surface area contributed by atoms with E-state index < -0.39 is 54.4 Å². The molecule has 9 aromatic rings. The molecule has 0 atom stereocenters. The Balaban J connectivity index is 1.23. The molecule has 200 valence electrons. The first-order valence-corrected chi connectivity index (χ1v) is 13.9. The molecule has 0 aliphatic heterocycles. The van der Waals surface area contributed by atoms with Crippen molar-refractivity contribution < 1.29 is 19.5 Å². The molecular formula is C42H26O. The van der Waals surface area contributed by atoms with Crippen molar-refractivity contribution in [3.8, 4) is 33.4 Å². The molecule has 43 heavy (non-hydrogen) atoms. The predicted molar refractivity (Wildman–Crippen MR) is 183 cm³/mol. The zero-order valence-electron chi connectivity index (χ0n) is 33.6. The van der Waals surface area contributed by atoms with Gasteiger partial charge in [0, 0.05) is 10.8 Å². The van der Waals surface area contributed by atoms with Crippen LogP contribution < -0.4 is 0 Å². The van der Waals surface area contributed by atoms with Crippen LogP contribution in [-0.2, 0) is 0 Å². The average molecular weight is 558 g/mol. The predicted octanol–water partition coefficient (Wildman–Crippen LogP) is 12.0. The Morgan fingerprint density at radius 3 is 1.60 bits per heavy atom. The first-order valence-electron chi connectivity index (χ1n) is 19.4. The van der Waals surface area contributed by atoms with Gasteiger partial charge in [-0.3, -0.25) is 0 Å². The average Bonchev–Trinajstić information content (AvgIpc) is 3.57. The molecule has 1 heterocycles. The summed E-state index contributed by atoms with van der Waals surface area (Å²) < 4.78 is 103. The molecular weight excluding hydrogens is 520 g/mol. The molecule has 0 aliphatic carbocycles. The van der Waals surface area contributed by atoms with E-state index in [0.717, 1.165) is 44.2 Å². The first-order chi connectivity index (χ1) is 25.9. The van der Waals surface area contributed by atoms with Crippen LogP contribution in [0.15, 0.2) is 162 Å². The van der Waals surface area contributed by atoms with Gasteiger partial charge in [0.1, 0.15) is 11.2 Å². The molecule has 0 saturated carbocycles. The van der Waals surface area contributed by atoms with Crippen LogP contribution in [0.5, 0.6) is 0 Å². The third-order valence-electron chi connectivity index (χ3n) is 8.02. The molecule has 0 bridgehead atoms. The summed E-state index contributed by atoms with van der Waals surface area (Å²) in [6, 6.07) is 23.8. The fourth-order valence-electron chi connectivity index (χ4n) is 5.91. The molecule has 0 aliphatic rings. The van der Waals surface area contributed by atoms with Gasteiger partial charge >= 0.3 is 0 Å². The Bertz CT molecular complexity index is 3070. The summed E-state index contributed by atoms with van der Waals surface area (Å²) in [6.45, 7) is 0. The maximum absolute atomic E-state index is 9.47. The molecule has 0 radical (unpaired) electrons. The van der Waals surface area contributed by atoms with Gasteiger partial charge in [-0.25, -0.2) is 0 Å². The van der Waals surface area contributed by atoms with E-state index in [9.17, 15) is 2.74 Å². The third kappa shape index (κ3) is 3.86. The van der Waals surface area contributed by atoms with Crippen molar-refractivity contribution in [3.63, 3.8) is 0 Å². The molecule has 0 N–H and O–H groups in total. The van der Waals surface area contributed by atoms with E-state index in [1.165, 1.54) is 0 Å². The van der Waals surface area contributed by atoms with Crippen LogP contribution in [0.3, 0.4) is 0 Å². The summed E-state index contributed by atoms with van der Waals surface area (Å²) in [5.74, 6) is 0. The topological polar surface area (TPSA) is 13.1 Å². The van der Waals surface area contributed by atoms with Crippen molar-refractivity contribution in [1.29, 1.82) is 0 Å². The SMILES string of the molecule is [2H]c1c([2H])c([2H])c2c(c1[2H])c1c([2H])c([2H])c([2H])c([2H])c1c1c([2H])c(-c3ccc(-c4cccc(-c5ccc6oc7ccccc7c6c5)c4)cc3)c([2H])c([2H])c21. The zero-order chi connectivity index (χ0) is 37.9. The molecule has 0 spiro atoms.